The van der Waals surface area contributed by atoms with Gasteiger partial charge in [-0.3, -0.25) is 4.79 Å². The standard InChI is InChI=1S/C6H11NO3/c7-6(8)1-2-9-3-5-4-10-5/h5H,1-4H2,(H2,7,8). The van der Waals surface area contributed by atoms with Gasteiger partial charge in [0.1, 0.15) is 6.10 Å². The predicted molar refractivity (Wildman–Crippen MR) is 34.4 cm³/mol. The molecule has 1 amide bonds. The summed E-state index contributed by atoms with van der Waals surface area (Å²) in [5.41, 5.74) is 4.87. The number of primary amides is 1. The van der Waals surface area contributed by atoms with Crippen molar-refractivity contribution in [3.63, 3.8) is 0 Å². The summed E-state index contributed by atoms with van der Waals surface area (Å²) in [6.45, 7) is 1.79. The first-order chi connectivity index (χ1) is 4.79. The molecule has 1 heterocycles. The molecule has 0 aliphatic carbocycles. The summed E-state index contributed by atoms with van der Waals surface area (Å²) in [7, 11) is 0. The van der Waals surface area contributed by atoms with Crippen LogP contribution in [0, 0.1) is 0 Å². The van der Waals surface area contributed by atoms with Gasteiger partial charge in [-0.15, -0.1) is 0 Å². The van der Waals surface area contributed by atoms with E-state index in [4.69, 9.17) is 15.2 Å². The van der Waals surface area contributed by atoms with Crippen molar-refractivity contribution in [2.75, 3.05) is 19.8 Å². The third kappa shape index (κ3) is 3.42. The molecule has 4 heteroatoms. The van der Waals surface area contributed by atoms with Crippen LogP contribution in [-0.4, -0.2) is 31.8 Å². The molecule has 1 rings (SSSR count). The Morgan fingerprint density at radius 2 is 2.50 bits per heavy atom. The summed E-state index contributed by atoms with van der Waals surface area (Å²) in [5.74, 6) is -0.322. The van der Waals surface area contributed by atoms with E-state index in [1.165, 1.54) is 0 Å². The minimum Gasteiger partial charge on any atom is -0.378 e. The molecule has 1 atom stereocenters. The van der Waals surface area contributed by atoms with Crippen molar-refractivity contribution in [2.24, 2.45) is 5.73 Å². The largest absolute Gasteiger partial charge is 0.378 e. The van der Waals surface area contributed by atoms with Gasteiger partial charge in [-0.2, -0.15) is 0 Å². The van der Waals surface area contributed by atoms with Crippen molar-refractivity contribution < 1.29 is 14.3 Å². The smallest absolute Gasteiger partial charge is 0.219 e. The van der Waals surface area contributed by atoms with E-state index in [0.29, 0.717) is 19.6 Å². The number of carbonyl (C=O) groups excluding carboxylic acids is 1. The monoisotopic (exact) mass is 145 g/mol. The van der Waals surface area contributed by atoms with Crippen molar-refractivity contribution in [3.8, 4) is 0 Å². The molecule has 0 saturated carbocycles. The van der Waals surface area contributed by atoms with Crippen LogP contribution in [0.1, 0.15) is 6.42 Å². The predicted octanol–water partition coefficient (Wildman–Crippen LogP) is -0.723. The molecule has 1 aliphatic heterocycles. The fourth-order valence-corrected chi connectivity index (χ4v) is 0.552. The Hall–Kier alpha value is -0.610. The van der Waals surface area contributed by atoms with Gasteiger partial charge in [0, 0.05) is 6.42 Å². The van der Waals surface area contributed by atoms with E-state index in [1.807, 2.05) is 0 Å². The molecule has 0 aromatic rings. The van der Waals surface area contributed by atoms with E-state index < -0.39 is 0 Å². The lowest BCUT2D eigenvalue weighted by Crippen LogP contribution is -2.14. The van der Waals surface area contributed by atoms with Crippen molar-refractivity contribution in [1.82, 2.24) is 0 Å². The second-order valence-corrected chi connectivity index (χ2v) is 2.25. The first-order valence-corrected chi connectivity index (χ1v) is 3.26. The number of carbonyl (C=O) groups is 1. The van der Waals surface area contributed by atoms with Crippen LogP contribution in [-0.2, 0) is 14.3 Å². The average molecular weight is 145 g/mol. The molecule has 2 N–H and O–H groups in total. The highest BCUT2D eigenvalue weighted by Gasteiger charge is 2.21. The molecular formula is C6H11NO3. The van der Waals surface area contributed by atoms with Crippen LogP contribution in [0.25, 0.3) is 0 Å². The molecule has 0 radical (unpaired) electrons. The normalized spacial score (nSPS) is 22.6. The van der Waals surface area contributed by atoms with Gasteiger partial charge in [0.05, 0.1) is 19.8 Å². The van der Waals surface area contributed by atoms with E-state index in [9.17, 15) is 4.79 Å². The summed E-state index contributed by atoms with van der Waals surface area (Å²) in [4.78, 5) is 10.2. The minimum atomic E-state index is -0.322. The van der Waals surface area contributed by atoms with Gasteiger partial charge in [0.15, 0.2) is 0 Å². The van der Waals surface area contributed by atoms with Crippen LogP contribution < -0.4 is 5.73 Å². The minimum absolute atomic E-state index is 0.271. The zero-order valence-corrected chi connectivity index (χ0v) is 5.71. The third-order valence-electron chi connectivity index (χ3n) is 1.20. The van der Waals surface area contributed by atoms with Gasteiger partial charge in [-0.25, -0.2) is 0 Å². The van der Waals surface area contributed by atoms with Crippen LogP contribution in [0.2, 0.25) is 0 Å². The van der Waals surface area contributed by atoms with Gasteiger partial charge < -0.3 is 15.2 Å². The van der Waals surface area contributed by atoms with Gasteiger partial charge >= 0.3 is 0 Å². The lowest BCUT2D eigenvalue weighted by Gasteiger charge is -1.97. The summed E-state index contributed by atoms with van der Waals surface area (Å²) < 4.78 is 9.92. The van der Waals surface area contributed by atoms with Crippen molar-refractivity contribution in [2.45, 2.75) is 12.5 Å². The van der Waals surface area contributed by atoms with Gasteiger partial charge in [-0.05, 0) is 0 Å². The van der Waals surface area contributed by atoms with E-state index in [0.717, 1.165) is 6.61 Å². The maximum atomic E-state index is 10.2. The maximum Gasteiger partial charge on any atom is 0.219 e. The molecule has 58 valence electrons. The van der Waals surface area contributed by atoms with Gasteiger partial charge in [0.25, 0.3) is 0 Å². The summed E-state index contributed by atoms with van der Waals surface area (Å²) in [5, 5.41) is 0. The second kappa shape index (κ2) is 3.53. The quantitative estimate of drug-likeness (QED) is 0.410. The van der Waals surface area contributed by atoms with Crippen molar-refractivity contribution in [1.29, 1.82) is 0 Å². The van der Waals surface area contributed by atoms with Gasteiger partial charge in [0.2, 0.25) is 5.91 Å². The number of epoxide rings is 1. The fraction of sp³-hybridized carbons (Fsp3) is 0.833. The Morgan fingerprint density at radius 3 is 3.00 bits per heavy atom. The first-order valence-electron chi connectivity index (χ1n) is 3.26. The van der Waals surface area contributed by atoms with E-state index >= 15 is 0 Å². The molecule has 10 heavy (non-hydrogen) atoms. The average Bonchev–Trinajstić information content (AvgIpc) is 2.62. The van der Waals surface area contributed by atoms with Gasteiger partial charge in [-0.1, -0.05) is 0 Å². The van der Waals surface area contributed by atoms with Crippen LogP contribution in [0.15, 0.2) is 0 Å². The first kappa shape index (κ1) is 7.50. The lowest BCUT2D eigenvalue weighted by molar-refractivity contribution is -0.119. The molecule has 0 bridgehead atoms. The topological polar surface area (TPSA) is 64.9 Å². The molecule has 0 aromatic heterocycles. The Labute approximate surface area is 59.3 Å². The lowest BCUT2D eigenvalue weighted by atomic mass is 10.4. The molecule has 1 aliphatic rings. The molecule has 1 unspecified atom stereocenters. The molecule has 1 fully saturated rings. The number of hydrogen-bond acceptors (Lipinski definition) is 3. The summed E-state index contributed by atoms with van der Waals surface area (Å²) >= 11 is 0. The van der Waals surface area contributed by atoms with E-state index in [2.05, 4.69) is 0 Å². The highest BCUT2D eigenvalue weighted by molar-refractivity contribution is 5.73. The van der Waals surface area contributed by atoms with Crippen LogP contribution in [0.3, 0.4) is 0 Å². The number of nitrogens with two attached hydrogens (primary N) is 1. The fourth-order valence-electron chi connectivity index (χ4n) is 0.552. The third-order valence-corrected chi connectivity index (χ3v) is 1.20. The second-order valence-electron chi connectivity index (χ2n) is 2.25. The highest BCUT2D eigenvalue weighted by Crippen LogP contribution is 2.08. The summed E-state index contributed by atoms with van der Waals surface area (Å²) in [6, 6.07) is 0. The summed E-state index contributed by atoms with van der Waals surface area (Å²) in [6.07, 6.45) is 0.570. The zero-order chi connectivity index (χ0) is 7.40. The number of amides is 1. The maximum absolute atomic E-state index is 10.2. The van der Waals surface area contributed by atoms with Crippen LogP contribution >= 0.6 is 0 Å². The molecule has 0 aromatic carbocycles. The van der Waals surface area contributed by atoms with Crippen LogP contribution in [0.4, 0.5) is 0 Å². The van der Waals surface area contributed by atoms with Crippen LogP contribution in [0.5, 0.6) is 0 Å². The zero-order valence-electron chi connectivity index (χ0n) is 5.71. The highest BCUT2D eigenvalue weighted by atomic mass is 16.6. The number of hydrogen-bond donors (Lipinski definition) is 1. The number of rotatable bonds is 5. The molecule has 4 nitrogen and oxygen atoms in total. The van der Waals surface area contributed by atoms with Crippen molar-refractivity contribution in [3.05, 3.63) is 0 Å². The van der Waals surface area contributed by atoms with E-state index in [1.54, 1.807) is 0 Å². The molecule has 1 saturated heterocycles. The Morgan fingerprint density at radius 1 is 1.80 bits per heavy atom. The molecule has 0 spiro atoms. The SMILES string of the molecule is NC(=O)CCOCC1CO1. The Bertz CT molecular complexity index is 122. The number of ether oxygens (including phenoxy) is 2. The van der Waals surface area contributed by atoms with E-state index in [-0.39, 0.29) is 12.0 Å². The van der Waals surface area contributed by atoms with Crippen molar-refractivity contribution >= 4 is 5.91 Å². The Kier molecular flexibility index (Phi) is 2.65. The molecular weight excluding hydrogens is 134 g/mol. The Balaban J connectivity index is 1.80.